The number of amides is 3. The van der Waals surface area contributed by atoms with Crippen molar-refractivity contribution in [3.63, 3.8) is 0 Å². The van der Waals surface area contributed by atoms with Crippen LogP contribution < -0.4 is 16.0 Å². The van der Waals surface area contributed by atoms with Crippen LogP contribution in [0.15, 0.2) is 37.5 Å². The van der Waals surface area contributed by atoms with Crippen LogP contribution in [0.4, 0.5) is 14.4 Å². The molecule has 18 nitrogen and oxygen atoms in total. The maximum Gasteiger partial charge on any atom is 0.407 e. The molecule has 3 amide bonds. The van der Waals surface area contributed by atoms with Crippen LogP contribution in [-0.2, 0) is 57.0 Å². The van der Waals surface area contributed by atoms with E-state index in [2.05, 4.69) is 35.7 Å². The quantitative estimate of drug-likeness (QED) is 0.0500. The molecule has 3 N–H and O–H groups in total. The number of esters is 3. The normalized spacial score (nSPS) is 12.8. The predicted molar refractivity (Wildman–Crippen MR) is 171 cm³/mol. The van der Waals surface area contributed by atoms with Gasteiger partial charge in [-0.1, -0.05) is 19.7 Å². The summed E-state index contributed by atoms with van der Waals surface area (Å²) in [4.78, 5) is 69.4. The molecule has 0 rings (SSSR count). The molecule has 278 valence electrons. The highest BCUT2D eigenvalue weighted by molar-refractivity contribution is 5.87. The molecule has 0 saturated carbocycles. The van der Waals surface area contributed by atoms with E-state index in [1.165, 1.54) is 6.92 Å². The Bertz CT molecular complexity index is 1080. The van der Waals surface area contributed by atoms with Gasteiger partial charge < -0.3 is 58.6 Å². The number of alkyl carbamates (subject to hydrolysis) is 3. The molecule has 0 fully saturated rings. The van der Waals surface area contributed by atoms with Crippen molar-refractivity contribution in [2.24, 2.45) is 0 Å². The van der Waals surface area contributed by atoms with Gasteiger partial charge in [0, 0.05) is 17.7 Å². The number of rotatable bonds is 26. The predicted octanol–water partition coefficient (Wildman–Crippen LogP) is 1.33. The second-order valence-corrected chi connectivity index (χ2v) is 10.1. The summed E-state index contributed by atoms with van der Waals surface area (Å²) in [7, 11) is 0. The molecule has 4 atom stereocenters. The molecule has 0 spiro atoms. The van der Waals surface area contributed by atoms with Crippen molar-refractivity contribution in [1.82, 2.24) is 16.0 Å². The SMILES string of the molecule is C=CC(=O)OCCNC(=O)OC(C)COCC(COCC(C)OC(=O)NCCOC(=O)C(=C)C)OCC(C)OC(=O)NCCOC(=O)C=C. The molecule has 0 bridgehead atoms. The second kappa shape index (κ2) is 27.3. The largest absolute Gasteiger partial charge is 0.461 e. The highest BCUT2D eigenvalue weighted by Gasteiger charge is 2.18. The Morgan fingerprint density at radius 2 is 0.959 bits per heavy atom. The van der Waals surface area contributed by atoms with E-state index in [4.69, 9.17) is 42.6 Å². The summed E-state index contributed by atoms with van der Waals surface area (Å²) in [5.41, 5.74) is 0.238. The minimum absolute atomic E-state index is 0.00895. The molecule has 0 aliphatic heterocycles. The van der Waals surface area contributed by atoms with Crippen LogP contribution in [0, 0.1) is 0 Å². The molecule has 49 heavy (non-hydrogen) atoms. The average molecular weight is 704 g/mol. The van der Waals surface area contributed by atoms with Gasteiger partial charge in [-0.15, -0.1) is 0 Å². The monoisotopic (exact) mass is 703 g/mol. The van der Waals surface area contributed by atoms with E-state index in [0.29, 0.717) is 0 Å². The van der Waals surface area contributed by atoms with Gasteiger partial charge in [-0.3, -0.25) is 0 Å². The van der Waals surface area contributed by atoms with Crippen molar-refractivity contribution in [3.05, 3.63) is 37.5 Å². The lowest BCUT2D eigenvalue weighted by Gasteiger charge is -2.22. The van der Waals surface area contributed by atoms with Crippen LogP contribution in [0.2, 0.25) is 0 Å². The Balaban J connectivity index is 4.75. The van der Waals surface area contributed by atoms with E-state index < -0.39 is 60.6 Å². The summed E-state index contributed by atoms with van der Waals surface area (Å²) in [6.45, 7) is 16.1. The number of nitrogens with one attached hydrogen (secondary N) is 3. The van der Waals surface area contributed by atoms with Gasteiger partial charge in [0.2, 0.25) is 0 Å². The highest BCUT2D eigenvalue weighted by atomic mass is 16.6. The minimum Gasteiger partial charge on any atom is -0.461 e. The molecule has 0 aliphatic carbocycles. The zero-order chi connectivity index (χ0) is 37.0. The number of carbonyl (C=O) groups excluding carboxylic acids is 6. The Morgan fingerprint density at radius 1 is 0.592 bits per heavy atom. The molecular formula is C31H49N3O15. The third-order valence-corrected chi connectivity index (χ3v) is 5.32. The van der Waals surface area contributed by atoms with Crippen LogP contribution in [0.25, 0.3) is 0 Å². The second-order valence-electron chi connectivity index (χ2n) is 10.1. The number of carbonyl (C=O) groups is 6. The van der Waals surface area contributed by atoms with Crippen molar-refractivity contribution < 1.29 is 71.4 Å². The first-order valence-corrected chi connectivity index (χ1v) is 15.3. The van der Waals surface area contributed by atoms with Gasteiger partial charge in [0.1, 0.15) is 44.2 Å². The highest BCUT2D eigenvalue weighted by Crippen LogP contribution is 2.04. The van der Waals surface area contributed by atoms with E-state index in [0.717, 1.165) is 12.2 Å². The molecule has 0 radical (unpaired) electrons. The van der Waals surface area contributed by atoms with Crippen LogP contribution in [0.1, 0.15) is 27.7 Å². The Morgan fingerprint density at radius 3 is 1.33 bits per heavy atom. The van der Waals surface area contributed by atoms with Crippen LogP contribution >= 0.6 is 0 Å². The van der Waals surface area contributed by atoms with Crippen molar-refractivity contribution in [2.45, 2.75) is 52.1 Å². The third kappa shape index (κ3) is 26.0. The van der Waals surface area contributed by atoms with Crippen molar-refractivity contribution in [2.75, 3.05) is 72.5 Å². The lowest BCUT2D eigenvalue weighted by molar-refractivity contribution is -0.139. The maximum atomic E-state index is 12.0. The van der Waals surface area contributed by atoms with E-state index in [1.54, 1.807) is 20.8 Å². The van der Waals surface area contributed by atoms with Crippen molar-refractivity contribution in [1.29, 1.82) is 0 Å². The van der Waals surface area contributed by atoms with E-state index in [9.17, 15) is 28.8 Å². The minimum atomic E-state index is -0.754. The van der Waals surface area contributed by atoms with E-state index in [-0.39, 0.29) is 78.1 Å². The topological polar surface area (TPSA) is 222 Å². The van der Waals surface area contributed by atoms with E-state index in [1.807, 2.05) is 0 Å². The zero-order valence-corrected chi connectivity index (χ0v) is 28.5. The third-order valence-electron chi connectivity index (χ3n) is 5.32. The van der Waals surface area contributed by atoms with Gasteiger partial charge in [0.15, 0.2) is 0 Å². The Labute approximate surface area is 285 Å². The van der Waals surface area contributed by atoms with Crippen LogP contribution in [-0.4, -0.2) is 133 Å². The van der Waals surface area contributed by atoms with Gasteiger partial charge in [-0.05, 0) is 27.7 Å². The first kappa shape index (κ1) is 44.3. The fourth-order valence-corrected chi connectivity index (χ4v) is 3.07. The lowest BCUT2D eigenvalue weighted by atomic mass is 10.3. The van der Waals surface area contributed by atoms with Gasteiger partial charge in [0.25, 0.3) is 0 Å². The first-order chi connectivity index (χ1) is 23.3. The lowest BCUT2D eigenvalue weighted by Crippen LogP contribution is -2.36. The Kier molecular flexibility index (Phi) is 24.7. The molecule has 0 heterocycles. The fraction of sp³-hybridized carbons (Fsp3) is 0.613. The van der Waals surface area contributed by atoms with Crippen molar-refractivity contribution in [3.8, 4) is 0 Å². The summed E-state index contributed by atoms with van der Waals surface area (Å²) < 4.78 is 47.2. The van der Waals surface area contributed by atoms with Gasteiger partial charge >= 0.3 is 36.2 Å². The molecule has 18 heteroatoms. The van der Waals surface area contributed by atoms with Crippen LogP contribution in [0.5, 0.6) is 0 Å². The summed E-state index contributed by atoms with van der Waals surface area (Å²) >= 11 is 0. The molecule has 0 aromatic heterocycles. The van der Waals surface area contributed by atoms with Gasteiger partial charge in [-0.25, -0.2) is 28.8 Å². The first-order valence-electron chi connectivity index (χ1n) is 15.3. The molecule has 0 aromatic carbocycles. The molecule has 0 aliphatic rings. The summed E-state index contributed by atoms with van der Waals surface area (Å²) in [6.07, 6.45) is -2.94. The molecule has 0 saturated heterocycles. The fourth-order valence-electron chi connectivity index (χ4n) is 3.07. The van der Waals surface area contributed by atoms with Gasteiger partial charge in [0.05, 0.1) is 52.7 Å². The molecule has 0 aromatic rings. The summed E-state index contributed by atoms with van der Waals surface area (Å²) in [6, 6.07) is 0. The Hall–Kier alpha value is -4.68. The smallest absolute Gasteiger partial charge is 0.407 e. The van der Waals surface area contributed by atoms with Gasteiger partial charge in [-0.2, -0.15) is 0 Å². The van der Waals surface area contributed by atoms with Crippen molar-refractivity contribution >= 4 is 36.2 Å². The molecule has 4 unspecified atom stereocenters. The number of hydrogen-bond donors (Lipinski definition) is 3. The van der Waals surface area contributed by atoms with E-state index >= 15 is 0 Å². The summed E-state index contributed by atoms with van der Waals surface area (Å²) in [5.74, 6) is -1.81. The number of hydrogen-bond acceptors (Lipinski definition) is 15. The zero-order valence-electron chi connectivity index (χ0n) is 28.5. The molecular weight excluding hydrogens is 654 g/mol. The average Bonchev–Trinajstić information content (AvgIpc) is 3.04. The van der Waals surface area contributed by atoms with Crippen LogP contribution in [0.3, 0.4) is 0 Å². The standard InChI is InChI=1S/C31H49N3O15/c1-8-26(35)43-13-10-32-29(38)47-22(5)16-41-19-25(46-18-24(7)49-31(40)33-11-14-44-27(36)9-2)20-42-17-23(6)48-30(39)34-12-15-45-28(37)21(3)4/h8-9,22-25H,1-3,10-20H2,4-7H3,(H,32,38)(H,33,40)(H,34,39). The maximum absolute atomic E-state index is 12.0. The summed E-state index contributed by atoms with van der Waals surface area (Å²) in [5, 5.41) is 7.31. The number of ether oxygens (including phenoxy) is 9.